The Balaban J connectivity index is 1.62. The van der Waals surface area contributed by atoms with E-state index < -0.39 is 5.91 Å². The second kappa shape index (κ2) is 6.93. The molecule has 0 fully saturated rings. The predicted octanol–water partition coefficient (Wildman–Crippen LogP) is 3.90. The number of carbonyl (C=O) groups is 1. The smallest absolute Gasteiger partial charge is 0.293 e. The summed E-state index contributed by atoms with van der Waals surface area (Å²) in [5, 5.41) is 12.0. The molecular weight excluding hydrogens is 388 g/mol. The van der Waals surface area contributed by atoms with Crippen LogP contribution >= 0.6 is 23.1 Å². The van der Waals surface area contributed by atoms with Crippen LogP contribution in [0.25, 0.3) is 17.2 Å². The van der Waals surface area contributed by atoms with Crippen LogP contribution in [0.3, 0.4) is 0 Å². The molecule has 136 valence electrons. The van der Waals surface area contributed by atoms with Crippen LogP contribution in [0.5, 0.6) is 0 Å². The molecule has 0 aliphatic rings. The molecule has 3 aromatic heterocycles. The fourth-order valence-corrected chi connectivity index (χ4v) is 3.26. The number of nitrogens with one attached hydrogen (secondary N) is 1. The van der Waals surface area contributed by atoms with Gasteiger partial charge < -0.3 is 4.42 Å². The highest BCUT2D eigenvalue weighted by molar-refractivity contribution is 7.10. The summed E-state index contributed by atoms with van der Waals surface area (Å²) in [4.78, 5) is 16.4. The number of rotatable bonds is 4. The fraction of sp³-hybridized carbons (Fsp3) is 0.118. The van der Waals surface area contributed by atoms with Crippen LogP contribution in [0.4, 0.5) is 5.13 Å². The minimum Gasteiger partial charge on any atom is -0.459 e. The van der Waals surface area contributed by atoms with E-state index in [9.17, 15) is 4.79 Å². The third-order valence-corrected chi connectivity index (χ3v) is 5.01. The molecule has 0 unspecified atom stereocenters. The lowest BCUT2D eigenvalue weighted by atomic mass is 10.2. The molecule has 8 nitrogen and oxygen atoms in total. The highest BCUT2D eigenvalue weighted by Crippen LogP contribution is 2.27. The van der Waals surface area contributed by atoms with Gasteiger partial charge in [0.2, 0.25) is 5.13 Å². The lowest BCUT2D eigenvalue weighted by Crippen LogP contribution is -2.10. The molecule has 0 saturated heterocycles. The second-order valence-electron chi connectivity index (χ2n) is 5.67. The van der Waals surface area contributed by atoms with E-state index in [2.05, 4.69) is 25.0 Å². The van der Waals surface area contributed by atoms with Crippen LogP contribution in [-0.4, -0.2) is 30.3 Å². The van der Waals surface area contributed by atoms with Gasteiger partial charge in [-0.3, -0.25) is 10.1 Å². The lowest BCUT2D eigenvalue weighted by Gasteiger charge is -2.08. The van der Waals surface area contributed by atoms with Crippen molar-refractivity contribution < 1.29 is 9.21 Å². The lowest BCUT2D eigenvalue weighted by molar-refractivity contribution is 0.0996. The quantitative estimate of drug-likeness (QED) is 0.557. The second-order valence-corrected chi connectivity index (χ2v) is 6.83. The number of hydrogen-bond acceptors (Lipinski definition) is 7. The molecule has 0 spiro atoms. The standard InChI is InChI=1S/C17H13ClN6O2S/c1-9-11(18)5-3-6-12(9)24-10(2)14(21-23-24)15-19-17(27-22-15)20-16(25)13-7-4-8-26-13/h3-8H,1-2H3,(H,19,20,22,25). The summed E-state index contributed by atoms with van der Waals surface area (Å²) in [5.41, 5.74) is 3.03. The van der Waals surface area contributed by atoms with Gasteiger partial charge in [-0.1, -0.05) is 22.9 Å². The number of aromatic nitrogens is 5. The zero-order valence-electron chi connectivity index (χ0n) is 14.3. The summed E-state index contributed by atoms with van der Waals surface area (Å²) in [7, 11) is 0. The van der Waals surface area contributed by atoms with Crippen molar-refractivity contribution >= 4 is 34.2 Å². The van der Waals surface area contributed by atoms with Gasteiger partial charge in [0.15, 0.2) is 17.3 Å². The van der Waals surface area contributed by atoms with Crippen molar-refractivity contribution in [3.63, 3.8) is 0 Å². The average Bonchev–Trinajstić information content (AvgIpc) is 3.38. The summed E-state index contributed by atoms with van der Waals surface area (Å²) in [6, 6.07) is 8.80. The molecule has 0 radical (unpaired) electrons. The molecule has 4 rings (SSSR count). The largest absolute Gasteiger partial charge is 0.459 e. The molecule has 0 aliphatic carbocycles. The van der Waals surface area contributed by atoms with Gasteiger partial charge in [-0.25, -0.2) is 4.68 Å². The third-order valence-electron chi connectivity index (χ3n) is 3.97. The Bertz CT molecular complexity index is 1120. The summed E-state index contributed by atoms with van der Waals surface area (Å²) >= 11 is 7.26. The molecule has 0 atom stereocenters. The summed E-state index contributed by atoms with van der Waals surface area (Å²) in [6.45, 7) is 3.79. The Kier molecular flexibility index (Phi) is 4.46. The zero-order chi connectivity index (χ0) is 19.0. The van der Waals surface area contributed by atoms with Crippen molar-refractivity contribution in [2.45, 2.75) is 13.8 Å². The predicted molar refractivity (Wildman–Crippen MR) is 101 cm³/mol. The van der Waals surface area contributed by atoms with Crippen molar-refractivity contribution in [2.24, 2.45) is 0 Å². The Hall–Kier alpha value is -3.04. The van der Waals surface area contributed by atoms with Gasteiger partial charge in [0.1, 0.15) is 0 Å². The normalized spacial score (nSPS) is 10.9. The number of nitrogens with zero attached hydrogens (tertiary/aromatic N) is 5. The van der Waals surface area contributed by atoms with Gasteiger partial charge in [-0.2, -0.15) is 9.36 Å². The number of halogens is 1. The summed E-state index contributed by atoms with van der Waals surface area (Å²) in [5.74, 6) is 0.195. The molecule has 0 bridgehead atoms. The van der Waals surface area contributed by atoms with Gasteiger partial charge in [0.25, 0.3) is 5.91 Å². The number of hydrogen-bond donors (Lipinski definition) is 1. The van der Waals surface area contributed by atoms with Crippen LogP contribution in [0, 0.1) is 13.8 Å². The zero-order valence-corrected chi connectivity index (χ0v) is 15.9. The monoisotopic (exact) mass is 400 g/mol. The van der Waals surface area contributed by atoms with Crippen molar-refractivity contribution in [1.82, 2.24) is 24.4 Å². The maximum Gasteiger partial charge on any atom is 0.293 e. The van der Waals surface area contributed by atoms with Gasteiger partial charge in [0.05, 0.1) is 17.6 Å². The highest BCUT2D eigenvalue weighted by atomic mass is 35.5. The molecule has 1 N–H and O–H groups in total. The number of amides is 1. The highest BCUT2D eigenvalue weighted by Gasteiger charge is 2.19. The van der Waals surface area contributed by atoms with E-state index in [-0.39, 0.29) is 5.76 Å². The molecule has 10 heteroatoms. The van der Waals surface area contributed by atoms with E-state index in [1.165, 1.54) is 6.26 Å². The van der Waals surface area contributed by atoms with Gasteiger partial charge >= 0.3 is 0 Å². The van der Waals surface area contributed by atoms with Crippen molar-refractivity contribution in [2.75, 3.05) is 5.32 Å². The van der Waals surface area contributed by atoms with E-state index in [1.807, 2.05) is 32.0 Å². The summed E-state index contributed by atoms with van der Waals surface area (Å²) < 4.78 is 11.0. The Morgan fingerprint density at radius 1 is 1.26 bits per heavy atom. The van der Waals surface area contributed by atoms with E-state index in [4.69, 9.17) is 16.0 Å². The molecule has 1 aromatic carbocycles. The number of furan rings is 1. The van der Waals surface area contributed by atoms with Crippen LogP contribution in [0.2, 0.25) is 5.02 Å². The average molecular weight is 401 g/mol. The Labute approximate surface area is 163 Å². The Morgan fingerprint density at radius 2 is 2.11 bits per heavy atom. The van der Waals surface area contributed by atoms with Crippen LogP contribution < -0.4 is 5.32 Å². The first kappa shape index (κ1) is 17.4. The maximum atomic E-state index is 12.0. The van der Waals surface area contributed by atoms with Crippen molar-refractivity contribution in [3.05, 3.63) is 58.6 Å². The number of carbonyl (C=O) groups excluding carboxylic acids is 1. The molecule has 4 aromatic rings. The number of anilines is 1. The first-order valence-corrected chi connectivity index (χ1v) is 9.06. The topological polar surface area (TPSA) is 98.7 Å². The number of benzene rings is 1. The minimum absolute atomic E-state index is 0.199. The first-order chi connectivity index (χ1) is 13.0. The van der Waals surface area contributed by atoms with Crippen LogP contribution in [0.15, 0.2) is 41.0 Å². The molecule has 3 heterocycles. The van der Waals surface area contributed by atoms with Crippen LogP contribution in [-0.2, 0) is 0 Å². The molecule has 27 heavy (non-hydrogen) atoms. The summed E-state index contributed by atoms with van der Waals surface area (Å²) in [6.07, 6.45) is 1.43. The molecule has 1 amide bonds. The first-order valence-electron chi connectivity index (χ1n) is 7.91. The van der Waals surface area contributed by atoms with Gasteiger partial charge in [-0.15, -0.1) is 5.10 Å². The Morgan fingerprint density at radius 3 is 2.89 bits per heavy atom. The van der Waals surface area contributed by atoms with E-state index >= 15 is 0 Å². The maximum absolute atomic E-state index is 12.0. The van der Waals surface area contributed by atoms with E-state index in [1.54, 1.807) is 16.8 Å². The van der Waals surface area contributed by atoms with Crippen LogP contribution in [0.1, 0.15) is 21.8 Å². The van der Waals surface area contributed by atoms with Gasteiger partial charge in [-0.05, 0) is 43.7 Å². The van der Waals surface area contributed by atoms with E-state index in [0.717, 1.165) is 28.5 Å². The SMILES string of the molecule is Cc1c(Cl)cccc1-n1nnc(-c2nsc(NC(=O)c3ccco3)n2)c1C. The molecule has 0 saturated carbocycles. The molecule has 0 aliphatic heterocycles. The third kappa shape index (κ3) is 3.22. The minimum atomic E-state index is -0.391. The van der Waals surface area contributed by atoms with E-state index in [0.29, 0.717) is 21.7 Å². The van der Waals surface area contributed by atoms with Crippen molar-refractivity contribution in [3.8, 4) is 17.2 Å². The van der Waals surface area contributed by atoms with Gasteiger partial charge in [0, 0.05) is 16.6 Å². The van der Waals surface area contributed by atoms with Crippen molar-refractivity contribution in [1.29, 1.82) is 0 Å². The molecular formula is C17H13ClN6O2S. The fourth-order valence-electron chi connectivity index (χ4n) is 2.53.